The molecule has 1 aromatic heterocycles. The molecule has 0 saturated carbocycles. The van der Waals surface area contributed by atoms with Crippen molar-refractivity contribution in [2.75, 3.05) is 13.7 Å². The number of hydrogen-bond donors (Lipinski definition) is 2. The van der Waals surface area contributed by atoms with Crippen molar-refractivity contribution in [2.45, 2.75) is 32.4 Å². The van der Waals surface area contributed by atoms with Gasteiger partial charge < -0.3 is 24.6 Å². The summed E-state index contributed by atoms with van der Waals surface area (Å²) in [6.07, 6.45) is 5.11. The average Bonchev–Trinajstić information content (AvgIpc) is 3.14. The van der Waals surface area contributed by atoms with Gasteiger partial charge in [0.25, 0.3) is 11.7 Å². The zero-order valence-corrected chi connectivity index (χ0v) is 20.2. The Morgan fingerprint density at radius 3 is 2.67 bits per heavy atom. The number of phenols is 1. The fourth-order valence-electron chi connectivity index (χ4n) is 4.17. The minimum Gasteiger partial charge on any atom is -0.507 e. The van der Waals surface area contributed by atoms with Gasteiger partial charge in [-0.25, -0.2) is 0 Å². The van der Waals surface area contributed by atoms with E-state index in [2.05, 4.69) is 11.9 Å². The quantitative estimate of drug-likeness (QED) is 0.196. The molecule has 1 aliphatic heterocycles. The van der Waals surface area contributed by atoms with E-state index in [-0.39, 0.29) is 29.4 Å². The predicted octanol–water partition coefficient (Wildman–Crippen LogP) is 4.60. The molecule has 36 heavy (non-hydrogen) atoms. The molecule has 1 fully saturated rings. The van der Waals surface area contributed by atoms with E-state index in [1.807, 2.05) is 0 Å². The topological polar surface area (TPSA) is 109 Å². The van der Waals surface area contributed by atoms with Gasteiger partial charge in [-0.05, 0) is 47.9 Å². The van der Waals surface area contributed by atoms with Crippen molar-refractivity contribution in [1.82, 2.24) is 9.88 Å². The summed E-state index contributed by atoms with van der Waals surface area (Å²) in [5.41, 5.74) is 1.53. The first kappa shape index (κ1) is 24.8. The van der Waals surface area contributed by atoms with Crippen LogP contribution in [0, 0.1) is 0 Å². The molecule has 1 amide bonds. The Bertz CT molecular complexity index is 1290. The molecule has 1 saturated heterocycles. The minimum atomic E-state index is -0.913. The highest BCUT2D eigenvalue weighted by Gasteiger charge is 2.46. The summed E-state index contributed by atoms with van der Waals surface area (Å²) in [6, 6.07) is 14.0. The molecular weight excluding hydrogens is 460 g/mol. The lowest BCUT2D eigenvalue weighted by atomic mass is 9.94. The van der Waals surface area contributed by atoms with E-state index >= 15 is 0 Å². The Balaban J connectivity index is 1.82. The molecule has 186 valence electrons. The third-order valence-electron chi connectivity index (χ3n) is 6.01. The number of aromatic nitrogens is 1. The van der Waals surface area contributed by atoms with Gasteiger partial charge in [0.1, 0.15) is 11.5 Å². The molecule has 8 heteroatoms. The van der Waals surface area contributed by atoms with Crippen LogP contribution in [0.25, 0.3) is 5.76 Å². The first-order valence-corrected chi connectivity index (χ1v) is 11.7. The van der Waals surface area contributed by atoms with Crippen LogP contribution in [0.1, 0.15) is 42.5 Å². The highest BCUT2D eigenvalue weighted by molar-refractivity contribution is 6.46. The Hall–Kier alpha value is -4.33. The molecule has 1 unspecified atom stereocenters. The standard InChI is InChI=1S/C28H28N2O6/c1-3-4-13-36-21-9-5-8-20(14-21)26(32)24-25(19-10-11-22(31)23(15-19)35-2)30(28(34)27(24)33)17-18-7-6-12-29-16-18/h5-12,14-16,25,31-32H,3-4,13,17H2,1-2H3/b26-24+. The van der Waals surface area contributed by atoms with E-state index in [9.17, 15) is 19.8 Å². The van der Waals surface area contributed by atoms with Gasteiger partial charge in [0.05, 0.1) is 25.3 Å². The number of amides is 1. The molecule has 4 rings (SSSR count). The largest absolute Gasteiger partial charge is 0.507 e. The van der Waals surface area contributed by atoms with Gasteiger partial charge >= 0.3 is 0 Å². The lowest BCUT2D eigenvalue weighted by Gasteiger charge is -2.25. The van der Waals surface area contributed by atoms with Crippen molar-refractivity contribution < 1.29 is 29.3 Å². The van der Waals surface area contributed by atoms with Crippen LogP contribution in [0.15, 0.2) is 72.6 Å². The number of ether oxygens (including phenoxy) is 2. The van der Waals surface area contributed by atoms with Gasteiger partial charge in [0.15, 0.2) is 11.5 Å². The molecule has 8 nitrogen and oxygen atoms in total. The smallest absolute Gasteiger partial charge is 0.295 e. The summed E-state index contributed by atoms with van der Waals surface area (Å²) in [4.78, 5) is 32.0. The maximum absolute atomic E-state index is 13.3. The third-order valence-corrected chi connectivity index (χ3v) is 6.01. The number of rotatable bonds is 9. The van der Waals surface area contributed by atoms with Crippen LogP contribution in [-0.2, 0) is 16.1 Å². The van der Waals surface area contributed by atoms with Gasteiger partial charge in [-0.3, -0.25) is 14.6 Å². The number of aromatic hydroxyl groups is 1. The molecule has 0 bridgehead atoms. The fourth-order valence-corrected chi connectivity index (χ4v) is 4.17. The first-order chi connectivity index (χ1) is 17.4. The van der Waals surface area contributed by atoms with Crippen LogP contribution in [-0.4, -0.2) is 45.5 Å². The second-order valence-corrected chi connectivity index (χ2v) is 8.45. The molecule has 2 aromatic carbocycles. The highest BCUT2D eigenvalue weighted by atomic mass is 16.5. The number of likely N-dealkylation sites (tertiary alicyclic amines) is 1. The second-order valence-electron chi connectivity index (χ2n) is 8.45. The van der Waals surface area contributed by atoms with Crippen LogP contribution in [0.4, 0.5) is 0 Å². The van der Waals surface area contributed by atoms with Gasteiger partial charge in [0, 0.05) is 24.5 Å². The summed E-state index contributed by atoms with van der Waals surface area (Å²) in [6.45, 7) is 2.70. The number of pyridine rings is 1. The van der Waals surface area contributed by atoms with E-state index in [1.165, 1.54) is 18.1 Å². The van der Waals surface area contributed by atoms with Crippen molar-refractivity contribution in [3.8, 4) is 17.2 Å². The number of hydrogen-bond acceptors (Lipinski definition) is 7. The maximum Gasteiger partial charge on any atom is 0.295 e. The molecule has 1 atom stereocenters. The Kier molecular flexibility index (Phi) is 7.53. The monoisotopic (exact) mass is 488 g/mol. The van der Waals surface area contributed by atoms with Crippen LogP contribution in [0.5, 0.6) is 17.2 Å². The molecule has 2 heterocycles. The lowest BCUT2D eigenvalue weighted by Crippen LogP contribution is -2.29. The second kappa shape index (κ2) is 10.9. The number of benzene rings is 2. The molecule has 0 aliphatic carbocycles. The van der Waals surface area contributed by atoms with Crippen molar-refractivity contribution >= 4 is 17.4 Å². The first-order valence-electron chi connectivity index (χ1n) is 11.7. The van der Waals surface area contributed by atoms with Crippen molar-refractivity contribution in [3.05, 3.63) is 89.3 Å². The number of carbonyl (C=O) groups excluding carboxylic acids is 2. The minimum absolute atomic E-state index is 0.0534. The van der Waals surface area contributed by atoms with E-state index in [1.54, 1.807) is 60.9 Å². The Morgan fingerprint density at radius 1 is 1.11 bits per heavy atom. The summed E-state index contributed by atoms with van der Waals surface area (Å²) in [5.74, 6) is -1.19. The lowest BCUT2D eigenvalue weighted by molar-refractivity contribution is -0.140. The number of phenolic OH excluding ortho intramolecular Hbond substituents is 1. The summed E-state index contributed by atoms with van der Waals surface area (Å²) in [5, 5.41) is 21.4. The molecule has 3 aromatic rings. The molecule has 1 aliphatic rings. The van der Waals surface area contributed by atoms with E-state index < -0.39 is 17.7 Å². The average molecular weight is 489 g/mol. The van der Waals surface area contributed by atoms with Gasteiger partial charge in [0.2, 0.25) is 0 Å². The fraction of sp³-hybridized carbons (Fsp3) is 0.250. The predicted molar refractivity (Wildman–Crippen MR) is 134 cm³/mol. The van der Waals surface area contributed by atoms with E-state index in [0.717, 1.165) is 18.4 Å². The van der Waals surface area contributed by atoms with E-state index in [0.29, 0.717) is 23.5 Å². The van der Waals surface area contributed by atoms with Gasteiger partial charge in [-0.1, -0.05) is 37.6 Å². The van der Waals surface area contributed by atoms with Crippen molar-refractivity contribution in [1.29, 1.82) is 0 Å². The SMILES string of the molecule is CCCCOc1cccc(/C(O)=C2\C(=O)C(=O)N(Cc3cccnc3)C2c2ccc(O)c(OC)c2)c1. The number of carbonyl (C=O) groups is 2. The number of Topliss-reactive ketones (excluding diaryl/α,β-unsaturated/α-hetero) is 1. The number of methoxy groups -OCH3 is 1. The van der Waals surface area contributed by atoms with E-state index in [4.69, 9.17) is 9.47 Å². The molecule has 2 N–H and O–H groups in total. The van der Waals surface area contributed by atoms with Gasteiger partial charge in [-0.2, -0.15) is 0 Å². The van der Waals surface area contributed by atoms with Crippen LogP contribution >= 0.6 is 0 Å². The zero-order chi connectivity index (χ0) is 25.7. The third kappa shape index (κ3) is 5.02. The normalized spacial score (nSPS) is 16.8. The van der Waals surface area contributed by atoms with Crippen LogP contribution in [0.2, 0.25) is 0 Å². The zero-order valence-electron chi connectivity index (χ0n) is 20.2. The van der Waals surface area contributed by atoms with Crippen molar-refractivity contribution in [2.24, 2.45) is 0 Å². The number of aliphatic hydroxyl groups excluding tert-OH is 1. The number of nitrogens with zero attached hydrogens (tertiary/aromatic N) is 2. The summed E-state index contributed by atoms with van der Waals surface area (Å²) >= 11 is 0. The molecule has 0 radical (unpaired) electrons. The van der Waals surface area contributed by atoms with Crippen molar-refractivity contribution in [3.63, 3.8) is 0 Å². The number of ketones is 1. The number of unbranched alkanes of at least 4 members (excludes halogenated alkanes) is 1. The molecular formula is C28H28N2O6. The van der Waals surface area contributed by atoms with Crippen LogP contribution in [0.3, 0.4) is 0 Å². The van der Waals surface area contributed by atoms with Crippen LogP contribution < -0.4 is 9.47 Å². The number of aliphatic hydroxyl groups is 1. The van der Waals surface area contributed by atoms with Gasteiger partial charge in [-0.15, -0.1) is 0 Å². The Labute approximate surface area is 209 Å². The highest BCUT2D eigenvalue weighted by Crippen LogP contribution is 2.42. The summed E-state index contributed by atoms with van der Waals surface area (Å²) < 4.78 is 11.0. The molecule has 0 spiro atoms. The Morgan fingerprint density at radius 2 is 1.94 bits per heavy atom. The maximum atomic E-state index is 13.3. The summed E-state index contributed by atoms with van der Waals surface area (Å²) in [7, 11) is 1.41.